The van der Waals surface area contributed by atoms with Gasteiger partial charge in [0.1, 0.15) is 11.5 Å². The van der Waals surface area contributed by atoms with Gasteiger partial charge in [-0.05, 0) is 24.3 Å². The van der Waals surface area contributed by atoms with E-state index in [4.69, 9.17) is 18.9 Å². The number of carbonyl (C=O) groups is 2. The minimum absolute atomic E-state index is 0.129. The van der Waals surface area contributed by atoms with Crippen LogP contribution in [-0.4, -0.2) is 44.7 Å². The van der Waals surface area contributed by atoms with Crippen molar-refractivity contribution in [2.45, 2.75) is 18.0 Å². The predicted molar refractivity (Wildman–Crippen MR) is 64.0 cm³/mol. The van der Waals surface area contributed by atoms with E-state index in [-0.39, 0.29) is 12.2 Å². The maximum Gasteiger partial charge on any atom is 0.317 e. The zero-order valence-electron chi connectivity index (χ0n) is 11.0. The van der Waals surface area contributed by atoms with Crippen LogP contribution in [0, 0.1) is 5.92 Å². The Morgan fingerprint density at radius 3 is 2.32 bits per heavy atom. The van der Waals surface area contributed by atoms with Crippen molar-refractivity contribution in [3.8, 4) is 0 Å². The molecule has 1 aliphatic heterocycles. The molecule has 0 saturated carbocycles. The fourth-order valence-electron chi connectivity index (χ4n) is 2.40. The van der Waals surface area contributed by atoms with Gasteiger partial charge < -0.3 is 18.9 Å². The molecule has 0 N–H and O–H groups in total. The number of hydrogen-bond donors (Lipinski definition) is 0. The van der Waals surface area contributed by atoms with Gasteiger partial charge in [0.05, 0.1) is 7.11 Å². The van der Waals surface area contributed by atoms with Crippen molar-refractivity contribution in [2.24, 2.45) is 5.92 Å². The maximum absolute atomic E-state index is 11.9. The Kier molecular flexibility index (Phi) is 3.58. The first-order chi connectivity index (χ1) is 9.01. The molecular weight excluding hydrogens is 252 g/mol. The summed E-state index contributed by atoms with van der Waals surface area (Å²) in [7, 11) is 4.07. The van der Waals surface area contributed by atoms with Crippen LogP contribution in [0.25, 0.3) is 0 Å². The molecule has 0 amide bonds. The summed E-state index contributed by atoms with van der Waals surface area (Å²) in [5.74, 6) is -2.87. The summed E-state index contributed by atoms with van der Waals surface area (Å²) >= 11 is 0. The number of hydrogen-bond acceptors (Lipinski definition) is 6. The lowest BCUT2D eigenvalue weighted by Crippen LogP contribution is -2.44. The third kappa shape index (κ3) is 2.22. The SMILES string of the molecule is COC(=O)[C@@H]1CC2(C=CC(=O)C=C2)OC1(OC)OC. The van der Waals surface area contributed by atoms with E-state index in [1.165, 1.54) is 33.5 Å². The van der Waals surface area contributed by atoms with Crippen molar-refractivity contribution in [3.63, 3.8) is 0 Å². The molecule has 6 heteroatoms. The highest BCUT2D eigenvalue weighted by molar-refractivity contribution is 6.00. The molecule has 104 valence electrons. The Labute approximate surface area is 111 Å². The van der Waals surface area contributed by atoms with Crippen molar-refractivity contribution in [3.05, 3.63) is 24.3 Å². The first-order valence-electron chi connectivity index (χ1n) is 5.81. The van der Waals surface area contributed by atoms with Crippen molar-refractivity contribution in [2.75, 3.05) is 21.3 Å². The molecule has 1 saturated heterocycles. The topological polar surface area (TPSA) is 71.1 Å². The lowest BCUT2D eigenvalue weighted by atomic mass is 9.89. The smallest absolute Gasteiger partial charge is 0.317 e. The van der Waals surface area contributed by atoms with Crippen molar-refractivity contribution in [1.29, 1.82) is 0 Å². The summed E-state index contributed by atoms with van der Waals surface area (Å²) in [6.07, 6.45) is 6.28. The summed E-state index contributed by atoms with van der Waals surface area (Å²) in [6.45, 7) is 0. The average Bonchev–Trinajstić information content (AvgIpc) is 2.77. The van der Waals surface area contributed by atoms with Crippen LogP contribution in [0.1, 0.15) is 6.42 Å². The first kappa shape index (κ1) is 13.9. The molecule has 0 aromatic carbocycles. The fourth-order valence-corrected chi connectivity index (χ4v) is 2.40. The molecule has 6 nitrogen and oxygen atoms in total. The summed E-state index contributed by atoms with van der Waals surface area (Å²) in [4.78, 5) is 23.1. The highest BCUT2D eigenvalue weighted by Gasteiger charge is 2.59. The number of esters is 1. The predicted octanol–water partition coefficient (Wildman–Crippen LogP) is 0.576. The number of allylic oxidation sites excluding steroid dienone is 2. The van der Waals surface area contributed by atoms with E-state index < -0.39 is 23.5 Å². The van der Waals surface area contributed by atoms with Gasteiger partial charge in [-0.1, -0.05) is 0 Å². The molecule has 1 atom stereocenters. The Bertz CT molecular complexity index is 430. The summed E-state index contributed by atoms with van der Waals surface area (Å²) in [5.41, 5.74) is -0.890. The Balaban J connectivity index is 2.35. The Hall–Kier alpha value is -1.50. The molecule has 1 heterocycles. The molecule has 0 aromatic rings. The molecular formula is C13H16O6. The van der Waals surface area contributed by atoms with Gasteiger partial charge in [-0.25, -0.2) is 0 Å². The summed E-state index contributed by atoms with van der Waals surface area (Å²) in [5, 5.41) is 0. The van der Waals surface area contributed by atoms with Gasteiger partial charge in [-0.3, -0.25) is 9.59 Å². The average molecular weight is 268 g/mol. The fraction of sp³-hybridized carbons (Fsp3) is 0.538. The van der Waals surface area contributed by atoms with Gasteiger partial charge in [0.2, 0.25) is 0 Å². The van der Waals surface area contributed by atoms with Crippen molar-refractivity contribution in [1.82, 2.24) is 0 Å². The van der Waals surface area contributed by atoms with Crippen LogP contribution in [-0.2, 0) is 28.5 Å². The molecule has 1 fully saturated rings. The number of methoxy groups -OCH3 is 3. The summed E-state index contributed by atoms with van der Waals surface area (Å²) in [6, 6.07) is 0. The molecule has 1 aliphatic carbocycles. The van der Waals surface area contributed by atoms with E-state index in [9.17, 15) is 9.59 Å². The minimum Gasteiger partial charge on any atom is -0.469 e. The standard InChI is InChI=1S/C13H16O6/c1-16-11(15)10-8-12(6-4-9(14)5-7-12)19-13(10,17-2)18-3/h4-7,10H,8H2,1-3H3/t10-/m0/s1. The van der Waals surface area contributed by atoms with Crippen LogP contribution >= 0.6 is 0 Å². The molecule has 1 spiro atoms. The largest absolute Gasteiger partial charge is 0.469 e. The first-order valence-corrected chi connectivity index (χ1v) is 5.81. The monoisotopic (exact) mass is 268 g/mol. The van der Waals surface area contributed by atoms with Crippen LogP contribution in [0.4, 0.5) is 0 Å². The number of ether oxygens (including phenoxy) is 4. The number of ketones is 1. The zero-order valence-corrected chi connectivity index (χ0v) is 11.0. The van der Waals surface area contributed by atoms with Gasteiger partial charge >= 0.3 is 5.97 Å². The molecule has 0 radical (unpaired) electrons. The van der Waals surface area contributed by atoms with Crippen LogP contribution in [0.2, 0.25) is 0 Å². The molecule has 0 bridgehead atoms. The molecule has 0 aromatic heterocycles. The maximum atomic E-state index is 11.9. The minimum atomic E-state index is -1.51. The molecule has 2 aliphatic rings. The highest BCUT2D eigenvalue weighted by atomic mass is 16.9. The quantitative estimate of drug-likeness (QED) is 0.550. The van der Waals surface area contributed by atoms with Gasteiger partial charge in [0.15, 0.2) is 5.78 Å². The second-order valence-electron chi connectivity index (χ2n) is 4.42. The van der Waals surface area contributed by atoms with Crippen LogP contribution in [0.15, 0.2) is 24.3 Å². The van der Waals surface area contributed by atoms with Crippen LogP contribution in [0.5, 0.6) is 0 Å². The summed E-state index contributed by atoms with van der Waals surface area (Å²) < 4.78 is 21.0. The van der Waals surface area contributed by atoms with E-state index in [1.54, 1.807) is 12.2 Å². The van der Waals surface area contributed by atoms with Gasteiger partial charge in [0.25, 0.3) is 5.97 Å². The van der Waals surface area contributed by atoms with Gasteiger partial charge in [-0.15, -0.1) is 0 Å². The molecule has 19 heavy (non-hydrogen) atoms. The van der Waals surface area contributed by atoms with E-state index >= 15 is 0 Å². The van der Waals surface area contributed by atoms with E-state index in [1.807, 2.05) is 0 Å². The second-order valence-corrected chi connectivity index (χ2v) is 4.42. The molecule has 2 rings (SSSR count). The van der Waals surface area contributed by atoms with Gasteiger partial charge in [0, 0.05) is 20.6 Å². The Morgan fingerprint density at radius 2 is 1.84 bits per heavy atom. The number of rotatable bonds is 3. The number of carbonyl (C=O) groups excluding carboxylic acids is 2. The van der Waals surface area contributed by atoms with Crippen LogP contribution < -0.4 is 0 Å². The van der Waals surface area contributed by atoms with Crippen molar-refractivity contribution >= 4 is 11.8 Å². The van der Waals surface area contributed by atoms with E-state index in [2.05, 4.69) is 0 Å². The van der Waals surface area contributed by atoms with E-state index in [0.29, 0.717) is 0 Å². The van der Waals surface area contributed by atoms with E-state index in [0.717, 1.165) is 0 Å². The third-order valence-electron chi connectivity index (χ3n) is 3.40. The zero-order chi connectivity index (χ0) is 14.1. The highest BCUT2D eigenvalue weighted by Crippen LogP contribution is 2.46. The van der Waals surface area contributed by atoms with Crippen molar-refractivity contribution < 1.29 is 28.5 Å². The second kappa shape index (κ2) is 4.88. The van der Waals surface area contributed by atoms with Crippen LogP contribution in [0.3, 0.4) is 0 Å². The normalized spacial score (nSPS) is 26.9. The third-order valence-corrected chi connectivity index (χ3v) is 3.40. The lowest BCUT2D eigenvalue weighted by molar-refractivity contribution is -0.369. The van der Waals surface area contributed by atoms with Gasteiger partial charge in [-0.2, -0.15) is 0 Å². The molecule has 0 unspecified atom stereocenters. The Morgan fingerprint density at radius 1 is 1.26 bits per heavy atom. The lowest BCUT2D eigenvalue weighted by Gasteiger charge is -2.31.